The molecule has 0 spiro atoms. The Morgan fingerprint density at radius 3 is 2.13 bits per heavy atom. The van der Waals surface area contributed by atoms with E-state index >= 15 is 0 Å². The molecule has 31 heavy (non-hydrogen) atoms. The minimum absolute atomic E-state index is 0.0616. The highest BCUT2D eigenvalue weighted by Gasteiger charge is 2.14. The fourth-order valence-electron chi connectivity index (χ4n) is 2.81. The quantitative estimate of drug-likeness (QED) is 0.124. The molecule has 0 aliphatic carbocycles. The lowest BCUT2D eigenvalue weighted by Gasteiger charge is -2.06. The molecule has 6 heteroatoms. The number of benzene rings is 3. The second-order valence-corrected chi connectivity index (χ2v) is 8.01. The molecule has 0 saturated carbocycles. The standard InChI is InChI=1S/C25H18F3NS2/c1-2-3-12-31-20-9-6-17(7-10-20)4-5-18-8-11-21(22(26)13-18)19-14-23(27)25(29-16-30)24(28)15-19/h6-11,13-15H,2-3,12H2,1H3. The first kappa shape index (κ1) is 22.8. The Hall–Kier alpha value is -2.84. The average Bonchev–Trinajstić information content (AvgIpc) is 2.76. The van der Waals surface area contributed by atoms with Crippen LogP contribution in [0.5, 0.6) is 0 Å². The number of thioether (sulfide) groups is 1. The lowest BCUT2D eigenvalue weighted by Crippen LogP contribution is -1.90. The SMILES string of the molecule is CCCCSc1ccc(C#Cc2ccc(-c3cc(F)c(N=C=S)c(F)c3)c(F)c2)cc1. The van der Waals surface area contributed by atoms with Gasteiger partial charge < -0.3 is 0 Å². The van der Waals surface area contributed by atoms with E-state index in [9.17, 15) is 13.2 Å². The molecule has 3 aromatic rings. The first-order valence-corrected chi connectivity index (χ1v) is 11.0. The minimum atomic E-state index is -0.938. The zero-order valence-electron chi connectivity index (χ0n) is 16.7. The Bertz CT molecular complexity index is 1160. The van der Waals surface area contributed by atoms with Crippen molar-refractivity contribution in [1.82, 2.24) is 0 Å². The molecule has 0 saturated heterocycles. The third-order valence-electron chi connectivity index (χ3n) is 4.43. The van der Waals surface area contributed by atoms with E-state index in [1.807, 2.05) is 41.2 Å². The first-order valence-electron chi connectivity index (χ1n) is 9.63. The van der Waals surface area contributed by atoms with Crippen molar-refractivity contribution in [3.63, 3.8) is 0 Å². The highest BCUT2D eigenvalue weighted by molar-refractivity contribution is 7.99. The molecule has 0 radical (unpaired) electrons. The Balaban J connectivity index is 1.79. The number of aliphatic imine (C=N–C) groups is 1. The van der Waals surface area contributed by atoms with Gasteiger partial charge in [-0.05, 0) is 78.5 Å². The summed E-state index contributed by atoms with van der Waals surface area (Å²) in [5.74, 6) is 4.51. The maximum absolute atomic E-state index is 14.6. The number of isothiocyanates is 1. The van der Waals surface area contributed by atoms with Crippen LogP contribution in [0.4, 0.5) is 18.9 Å². The minimum Gasteiger partial charge on any atom is -0.206 e. The number of thiocarbonyl (C=S) groups is 1. The van der Waals surface area contributed by atoms with Crippen molar-refractivity contribution < 1.29 is 13.2 Å². The summed E-state index contributed by atoms with van der Waals surface area (Å²) in [7, 11) is 0. The summed E-state index contributed by atoms with van der Waals surface area (Å²) in [6.07, 6.45) is 2.35. The van der Waals surface area contributed by atoms with Crippen molar-refractivity contribution >= 4 is 34.8 Å². The summed E-state index contributed by atoms with van der Waals surface area (Å²) >= 11 is 6.19. The van der Waals surface area contributed by atoms with Gasteiger partial charge in [0.2, 0.25) is 0 Å². The summed E-state index contributed by atoms with van der Waals surface area (Å²) in [6, 6.07) is 14.2. The molecule has 0 N–H and O–H groups in total. The Labute approximate surface area is 189 Å². The molecular weight excluding hydrogens is 435 g/mol. The van der Waals surface area contributed by atoms with Crippen LogP contribution in [0.15, 0.2) is 64.5 Å². The number of hydrogen-bond donors (Lipinski definition) is 0. The summed E-state index contributed by atoms with van der Waals surface area (Å²) in [5, 5.41) is 1.92. The van der Waals surface area contributed by atoms with Crippen molar-refractivity contribution in [2.24, 2.45) is 4.99 Å². The predicted molar refractivity (Wildman–Crippen MR) is 124 cm³/mol. The molecule has 3 rings (SSSR count). The Morgan fingerprint density at radius 1 is 0.871 bits per heavy atom. The molecule has 0 atom stereocenters. The number of halogens is 3. The molecule has 3 aromatic carbocycles. The van der Waals surface area contributed by atoms with Gasteiger partial charge in [-0.25, -0.2) is 13.2 Å². The van der Waals surface area contributed by atoms with E-state index in [0.29, 0.717) is 5.56 Å². The second-order valence-electron chi connectivity index (χ2n) is 6.66. The third-order valence-corrected chi connectivity index (χ3v) is 5.62. The zero-order valence-corrected chi connectivity index (χ0v) is 18.3. The van der Waals surface area contributed by atoms with Gasteiger partial charge in [-0.15, -0.1) is 11.8 Å². The van der Waals surface area contributed by atoms with Gasteiger partial charge in [0, 0.05) is 21.6 Å². The number of rotatable bonds is 6. The molecule has 0 fully saturated rings. The topological polar surface area (TPSA) is 12.4 Å². The van der Waals surface area contributed by atoms with Gasteiger partial charge in [0.15, 0.2) is 11.6 Å². The molecule has 0 aromatic heterocycles. The fraction of sp³-hybridized carbons (Fsp3) is 0.160. The van der Waals surface area contributed by atoms with Gasteiger partial charge in [0.05, 0.1) is 5.16 Å². The van der Waals surface area contributed by atoms with E-state index in [1.165, 1.54) is 29.9 Å². The first-order chi connectivity index (χ1) is 15.0. The average molecular weight is 454 g/mol. The molecule has 0 heterocycles. The van der Waals surface area contributed by atoms with Gasteiger partial charge in [0.25, 0.3) is 0 Å². The smallest absolute Gasteiger partial charge is 0.153 e. The second kappa shape index (κ2) is 11.0. The Morgan fingerprint density at radius 2 is 1.52 bits per heavy atom. The van der Waals surface area contributed by atoms with Crippen LogP contribution in [0.2, 0.25) is 0 Å². The van der Waals surface area contributed by atoms with Crippen LogP contribution in [0.25, 0.3) is 11.1 Å². The van der Waals surface area contributed by atoms with Crippen LogP contribution in [0.1, 0.15) is 30.9 Å². The lowest BCUT2D eigenvalue weighted by atomic mass is 10.0. The molecule has 0 unspecified atom stereocenters. The van der Waals surface area contributed by atoms with Crippen LogP contribution in [0, 0.1) is 29.3 Å². The largest absolute Gasteiger partial charge is 0.206 e. The third kappa shape index (κ3) is 6.08. The van der Waals surface area contributed by atoms with Gasteiger partial charge in [-0.1, -0.05) is 31.3 Å². The van der Waals surface area contributed by atoms with Crippen LogP contribution in [0.3, 0.4) is 0 Å². The van der Waals surface area contributed by atoms with Crippen molar-refractivity contribution in [2.45, 2.75) is 24.7 Å². The van der Waals surface area contributed by atoms with Crippen LogP contribution in [-0.2, 0) is 0 Å². The monoisotopic (exact) mass is 453 g/mol. The zero-order chi connectivity index (χ0) is 22.2. The van der Waals surface area contributed by atoms with E-state index in [0.717, 1.165) is 23.4 Å². The van der Waals surface area contributed by atoms with Crippen molar-refractivity contribution in [1.29, 1.82) is 0 Å². The Kier molecular flexibility index (Phi) is 8.08. The summed E-state index contributed by atoms with van der Waals surface area (Å²) in [6.45, 7) is 2.17. The van der Waals surface area contributed by atoms with Gasteiger partial charge in [-0.2, -0.15) is 4.99 Å². The van der Waals surface area contributed by atoms with Crippen LogP contribution < -0.4 is 0 Å². The van der Waals surface area contributed by atoms with Gasteiger partial charge in [0.1, 0.15) is 11.5 Å². The number of hydrogen-bond acceptors (Lipinski definition) is 3. The highest BCUT2D eigenvalue weighted by atomic mass is 32.2. The highest BCUT2D eigenvalue weighted by Crippen LogP contribution is 2.30. The van der Waals surface area contributed by atoms with E-state index in [1.54, 1.807) is 6.07 Å². The molecule has 0 bridgehead atoms. The number of nitrogens with zero attached hydrogens (tertiary/aromatic N) is 1. The van der Waals surface area contributed by atoms with Crippen molar-refractivity contribution in [2.75, 3.05) is 5.75 Å². The van der Waals surface area contributed by atoms with E-state index in [4.69, 9.17) is 0 Å². The molecule has 1 nitrogen and oxygen atoms in total. The van der Waals surface area contributed by atoms with Crippen LogP contribution >= 0.6 is 24.0 Å². The van der Waals surface area contributed by atoms with Crippen molar-refractivity contribution in [3.05, 3.63) is 83.2 Å². The summed E-state index contributed by atoms with van der Waals surface area (Å²) in [5.41, 5.74) is 0.867. The summed E-state index contributed by atoms with van der Waals surface area (Å²) < 4.78 is 42.7. The lowest BCUT2D eigenvalue weighted by molar-refractivity contribution is 0.588. The molecule has 0 aliphatic heterocycles. The summed E-state index contributed by atoms with van der Waals surface area (Å²) in [4.78, 5) is 4.55. The fourth-order valence-corrected chi connectivity index (χ4v) is 3.90. The predicted octanol–water partition coefficient (Wildman–Crippen LogP) is 7.80. The number of unbranched alkanes of at least 4 members (excludes halogenated alkanes) is 1. The maximum atomic E-state index is 14.6. The van der Waals surface area contributed by atoms with Gasteiger partial charge in [-0.3, -0.25) is 0 Å². The molecular formula is C25H18F3NS2. The van der Waals surface area contributed by atoms with Gasteiger partial charge >= 0.3 is 0 Å². The van der Waals surface area contributed by atoms with Crippen LogP contribution in [-0.4, -0.2) is 10.9 Å². The van der Waals surface area contributed by atoms with Crippen molar-refractivity contribution in [3.8, 4) is 23.0 Å². The maximum Gasteiger partial charge on any atom is 0.153 e. The molecule has 0 aliphatic rings. The van der Waals surface area contributed by atoms with E-state index in [-0.39, 0.29) is 11.1 Å². The van der Waals surface area contributed by atoms with E-state index in [2.05, 4.69) is 36.0 Å². The molecule has 0 amide bonds. The van der Waals surface area contributed by atoms with E-state index < -0.39 is 23.1 Å². The normalized spacial score (nSPS) is 10.2. The molecule has 156 valence electrons.